The molecule has 0 radical (unpaired) electrons. The molecule has 1 atom stereocenters. The number of hydrogen-bond donors (Lipinski definition) is 2. The molecule has 1 aromatic heterocycles. The Bertz CT molecular complexity index is 239. The van der Waals surface area contributed by atoms with Crippen LogP contribution in [0, 0.1) is 0 Å². The number of ether oxygens (including phenoxy) is 1. The molecule has 4 nitrogen and oxygen atoms in total. The Hall–Kier alpha value is -0.650. The minimum Gasteiger partial charge on any atom is -0.473 e. The van der Waals surface area contributed by atoms with Gasteiger partial charge in [0.25, 0.3) is 5.19 Å². The van der Waals surface area contributed by atoms with E-state index in [2.05, 4.69) is 4.98 Å². The second kappa shape index (κ2) is 4.39. The third-order valence-corrected chi connectivity index (χ3v) is 2.39. The molecule has 0 aromatic carbocycles. The summed E-state index contributed by atoms with van der Waals surface area (Å²) in [5, 5.41) is 9.32. The van der Waals surface area contributed by atoms with Gasteiger partial charge in [0.1, 0.15) is 0 Å². The molecule has 0 spiro atoms. The summed E-state index contributed by atoms with van der Waals surface area (Å²) in [6.45, 7) is 0.000214. The second-order valence-corrected chi connectivity index (χ2v) is 3.52. The van der Waals surface area contributed by atoms with E-state index in [1.165, 1.54) is 11.3 Å². The lowest BCUT2D eigenvalue weighted by Crippen LogP contribution is -2.26. The number of aliphatic hydroxyl groups is 1. The van der Waals surface area contributed by atoms with E-state index in [1.54, 1.807) is 13.3 Å². The fourth-order valence-corrected chi connectivity index (χ4v) is 1.62. The first kappa shape index (κ1) is 9.44. The van der Waals surface area contributed by atoms with Crippen LogP contribution in [0.1, 0.15) is 4.88 Å². The Balaban J connectivity index is 2.52. The van der Waals surface area contributed by atoms with E-state index in [0.29, 0.717) is 11.6 Å². The van der Waals surface area contributed by atoms with Crippen molar-refractivity contribution in [3.8, 4) is 5.19 Å². The van der Waals surface area contributed by atoms with Gasteiger partial charge in [-0.15, -0.1) is 0 Å². The van der Waals surface area contributed by atoms with Crippen LogP contribution in [0.25, 0.3) is 0 Å². The molecule has 3 N–H and O–H groups in total. The SMILES string of the molecule is COc1ncc(CC(N)CO)s1. The van der Waals surface area contributed by atoms with Crippen molar-refractivity contribution < 1.29 is 9.84 Å². The average Bonchev–Trinajstić information content (AvgIpc) is 2.52. The fraction of sp³-hybridized carbons (Fsp3) is 0.571. The van der Waals surface area contributed by atoms with Crippen molar-refractivity contribution in [2.24, 2.45) is 5.73 Å². The van der Waals surface area contributed by atoms with Crippen molar-refractivity contribution in [3.05, 3.63) is 11.1 Å². The highest BCUT2D eigenvalue weighted by atomic mass is 32.1. The zero-order valence-corrected chi connectivity index (χ0v) is 7.67. The van der Waals surface area contributed by atoms with Gasteiger partial charge in [-0.25, -0.2) is 4.98 Å². The minimum atomic E-state index is -0.199. The molecule has 12 heavy (non-hydrogen) atoms. The van der Waals surface area contributed by atoms with Crippen LogP contribution in [0.15, 0.2) is 6.20 Å². The third kappa shape index (κ3) is 2.44. The molecule has 0 saturated heterocycles. The molecule has 0 fully saturated rings. The van der Waals surface area contributed by atoms with Crippen molar-refractivity contribution in [2.45, 2.75) is 12.5 Å². The van der Waals surface area contributed by atoms with Crippen LogP contribution in [-0.4, -0.2) is 29.8 Å². The summed E-state index contributed by atoms with van der Waals surface area (Å²) in [4.78, 5) is 5.02. The number of thiazole rings is 1. The number of hydrogen-bond acceptors (Lipinski definition) is 5. The van der Waals surface area contributed by atoms with E-state index in [0.717, 1.165) is 4.88 Å². The summed E-state index contributed by atoms with van der Waals surface area (Å²) >= 11 is 1.45. The van der Waals surface area contributed by atoms with Crippen LogP contribution >= 0.6 is 11.3 Å². The Morgan fingerprint density at radius 2 is 2.58 bits per heavy atom. The van der Waals surface area contributed by atoms with Gasteiger partial charge < -0.3 is 15.6 Å². The van der Waals surface area contributed by atoms with Gasteiger partial charge in [0, 0.05) is 23.5 Å². The molecular formula is C7H12N2O2S. The molecule has 0 aliphatic heterocycles. The normalized spacial score (nSPS) is 12.9. The minimum absolute atomic E-state index is 0.000214. The van der Waals surface area contributed by atoms with Gasteiger partial charge in [0.05, 0.1) is 13.7 Å². The average molecular weight is 188 g/mol. The highest BCUT2D eigenvalue weighted by Crippen LogP contribution is 2.20. The monoisotopic (exact) mass is 188 g/mol. The van der Waals surface area contributed by atoms with E-state index in [9.17, 15) is 0 Å². The van der Waals surface area contributed by atoms with Crippen LogP contribution < -0.4 is 10.5 Å². The maximum Gasteiger partial charge on any atom is 0.273 e. The van der Waals surface area contributed by atoms with E-state index in [-0.39, 0.29) is 12.6 Å². The number of aromatic nitrogens is 1. The number of methoxy groups -OCH3 is 1. The summed E-state index contributed by atoms with van der Waals surface area (Å²) < 4.78 is 4.91. The summed E-state index contributed by atoms with van der Waals surface area (Å²) in [5.74, 6) is 0. The van der Waals surface area contributed by atoms with Gasteiger partial charge in [0.2, 0.25) is 0 Å². The third-order valence-electron chi connectivity index (χ3n) is 1.40. The lowest BCUT2D eigenvalue weighted by atomic mass is 10.2. The van der Waals surface area contributed by atoms with Crippen molar-refractivity contribution in [3.63, 3.8) is 0 Å². The lowest BCUT2D eigenvalue weighted by Gasteiger charge is -2.03. The smallest absolute Gasteiger partial charge is 0.273 e. The maximum absolute atomic E-state index is 8.69. The van der Waals surface area contributed by atoms with Crippen molar-refractivity contribution in [2.75, 3.05) is 13.7 Å². The Morgan fingerprint density at radius 1 is 1.83 bits per heavy atom. The summed E-state index contributed by atoms with van der Waals surface area (Å²) in [6.07, 6.45) is 2.37. The highest BCUT2D eigenvalue weighted by molar-refractivity contribution is 7.13. The number of rotatable bonds is 4. The van der Waals surface area contributed by atoms with Crippen LogP contribution in [0.3, 0.4) is 0 Å². The molecule has 1 heterocycles. The largest absolute Gasteiger partial charge is 0.473 e. The predicted octanol–water partition coefficient (Wildman–Crippen LogP) is 0.0138. The molecule has 0 amide bonds. The number of nitrogens with zero attached hydrogens (tertiary/aromatic N) is 1. The number of nitrogens with two attached hydrogens (primary N) is 1. The molecule has 5 heteroatoms. The quantitative estimate of drug-likeness (QED) is 0.698. The van der Waals surface area contributed by atoms with Crippen LogP contribution in [0.5, 0.6) is 5.19 Å². The standard InChI is InChI=1S/C7H12N2O2S/c1-11-7-9-3-6(12-7)2-5(8)4-10/h3,5,10H,2,4,8H2,1H3. The molecule has 0 saturated carbocycles. The molecule has 1 rings (SSSR count). The van der Waals surface area contributed by atoms with Crippen molar-refractivity contribution in [1.82, 2.24) is 4.98 Å². The predicted molar refractivity (Wildman–Crippen MR) is 47.4 cm³/mol. The van der Waals surface area contributed by atoms with Crippen molar-refractivity contribution in [1.29, 1.82) is 0 Å². The first-order chi connectivity index (χ1) is 5.76. The first-order valence-corrected chi connectivity index (χ1v) is 4.43. The van der Waals surface area contributed by atoms with Gasteiger partial charge >= 0.3 is 0 Å². The van der Waals surface area contributed by atoms with E-state index < -0.39 is 0 Å². The van der Waals surface area contributed by atoms with Gasteiger partial charge in [0.15, 0.2) is 0 Å². The number of aliphatic hydroxyl groups excluding tert-OH is 1. The van der Waals surface area contributed by atoms with Gasteiger partial charge in [-0.3, -0.25) is 0 Å². The zero-order chi connectivity index (χ0) is 8.97. The second-order valence-electron chi connectivity index (χ2n) is 2.44. The fourth-order valence-electron chi connectivity index (χ4n) is 0.801. The molecular weight excluding hydrogens is 176 g/mol. The topological polar surface area (TPSA) is 68.4 Å². The Kier molecular flexibility index (Phi) is 3.46. The van der Waals surface area contributed by atoms with Gasteiger partial charge in [-0.05, 0) is 0 Å². The van der Waals surface area contributed by atoms with E-state index in [4.69, 9.17) is 15.6 Å². The van der Waals surface area contributed by atoms with Gasteiger partial charge in [-0.1, -0.05) is 11.3 Å². The summed E-state index contributed by atoms with van der Waals surface area (Å²) in [7, 11) is 1.58. The molecule has 1 unspecified atom stereocenters. The van der Waals surface area contributed by atoms with E-state index >= 15 is 0 Å². The Morgan fingerprint density at radius 3 is 3.08 bits per heavy atom. The highest BCUT2D eigenvalue weighted by Gasteiger charge is 2.06. The van der Waals surface area contributed by atoms with E-state index in [1.807, 2.05) is 0 Å². The Labute approximate surface area is 75.0 Å². The zero-order valence-electron chi connectivity index (χ0n) is 6.86. The van der Waals surface area contributed by atoms with Gasteiger partial charge in [-0.2, -0.15) is 0 Å². The van der Waals surface area contributed by atoms with Crippen LogP contribution in [-0.2, 0) is 6.42 Å². The first-order valence-electron chi connectivity index (χ1n) is 3.61. The molecule has 1 aromatic rings. The summed E-state index contributed by atoms with van der Waals surface area (Å²) in [5.41, 5.74) is 5.54. The molecule has 68 valence electrons. The van der Waals surface area contributed by atoms with Crippen LogP contribution in [0.4, 0.5) is 0 Å². The lowest BCUT2D eigenvalue weighted by molar-refractivity contribution is 0.265. The molecule has 0 bridgehead atoms. The summed E-state index contributed by atoms with van der Waals surface area (Å²) in [6, 6.07) is -0.199. The molecule has 0 aliphatic rings. The maximum atomic E-state index is 8.69. The molecule has 0 aliphatic carbocycles. The van der Waals surface area contributed by atoms with Crippen LogP contribution in [0.2, 0.25) is 0 Å². The van der Waals surface area contributed by atoms with Crippen molar-refractivity contribution >= 4 is 11.3 Å².